The van der Waals surface area contributed by atoms with Gasteiger partial charge in [0.15, 0.2) is 0 Å². The first-order valence-corrected chi connectivity index (χ1v) is 4.18. The molecule has 0 amide bonds. The Labute approximate surface area is 73.0 Å². The minimum absolute atomic E-state index is 0.340. The monoisotopic (exact) mass is 172 g/mol. The lowest BCUT2D eigenvalue weighted by Gasteiger charge is -2.10. The zero-order chi connectivity index (χ0) is 9.56. The normalized spacial score (nSPS) is 14.2. The van der Waals surface area contributed by atoms with Crippen molar-refractivity contribution in [3.63, 3.8) is 0 Å². The first kappa shape index (κ1) is 11.2. The Kier molecular flexibility index (Phi) is 5.37. The maximum atomic E-state index is 11.1. The Balaban J connectivity index is 4.26. The molecule has 1 N–H and O–H groups in total. The van der Waals surface area contributed by atoms with E-state index in [0.717, 1.165) is 0 Å². The third-order valence-corrected chi connectivity index (χ3v) is 1.57. The molecule has 0 aliphatic carbocycles. The average Bonchev–Trinajstić information content (AvgIpc) is 2.06. The molecular formula is C9H16O3. The predicted octanol–water partition coefficient (Wildman–Crippen LogP) is 1.27. The summed E-state index contributed by atoms with van der Waals surface area (Å²) in [6.07, 6.45) is 1.42. The topological polar surface area (TPSA) is 46.5 Å². The molecule has 0 saturated carbocycles. The first-order valence-electron chi connectivity index (χ1n) is 4.18. The van der Waals surface area contributed by atoms with Crippen LogP contribution in [0.4, 0.5) is 0 Å². The Morgan fingerprint density at radius 2 is 2.17 bits per heavy atom. The Bertz CT molecular complexity index is 173. The van der Waals surface area contributed by atoms with Crippen LogP contribution in [0.15, 0.2) is 11.6 Å². The second kappa shape index (κ2) is 5.77. The van der Waals surface area contributed by atoms with Crippen LogP contribution in [-0.4, -0.2) is 23.8 Å². The van der Waals surface area contributed by atoms with Crippen molar-refractivity contribution in [2.75, 3.05) is 6.61 Å². The summed E-state index contributed by atoms with van der Waals surface area (Å²) in [6.45, 7) is 5.61. The van der Waals surface area contributed by atoms with Gasteiger partial charge in [-0.1, -0.05) is 13.0 Å². The first-order chi connectivity index (χ1) is 5.67. The van der Waals surface area contributed by atoms with Gasteiger partial charge in [-0.05, 0) is 20.3 Å². The van der Waals surface area contributed by atoms with Crippen LogP contribution in [0.1, 0.15) is 27.2 Å². The fourth-order valence-corrected chi connectivity index (χ4v) is 0.881. The van der Waals surface area contributed by atoms with Crippen molar-refractivity contribution in [1.82, 2.24) is 0 Å². The van der Waals surface area contributed by atoms with Gasteiger partial charge in [0, 0.05) is 0 Å². The number of carbonyl (C=O) groups is 1. The molecule has 0 fully saturated rings. The third-order valence-electron chi connectivity index (χ3n) is 1.57. The summed E-state index contributed by atoms with van der Waals surface area (Å²) in [7, 11) is 0. The van der Waals surface area contributed by atoms with Gasteiger partial charge in [0.1, 0.15) is 0 Å². The summed E-state index contributed by atoms with van der Waals surface area (Å²) in [5.41, 5.74) is 0.347. The quantitative estimate of drug-likeness (QED) is 0.513. The lowest BCUT2D eigenvalue weighted by atomic mass is 10.1. The summed E-state index contributed by atoms with van der Waals surface area (Å²) in [6, 6.07) is 0. The van der Waals surface area contributed by atoms with Gasteiger partial charge in [-0.2, -0.15) is 0 Å². The van der Waals surface area contributed by atoms with Crippen LogP contribution in [0.5, 0.6) is 0 Å². The van der Waals surface area contributed by atoms with E-state index >= 15 is 0 Å². The molecule has 70 valence electrons. The van der Waals surface area contributed by atoms with E-state index in [1.54, 1.807) is 19.9 Å². The van der Waals surface area contributed by atoms with Crippen LogP contribution in [0.2, 0.25) is 0 Å². The van der Waals surface area contributed by atoms with Crippen molar-refractivity contribution < 1.29 is 14.6 Å². The highest BCUT2D eigenvalue weighted by atomic mass is 16.5. The Morgan fingerprint density at radius 1 is 1.58 bits per heavy atom. The molecular weight excluding hydrogens is 156 g/mol. The predicted molar refractivity (Wildman–Crippen MR) is 46.7 cm³/mol. The fraction of sp³-hybridized carbons (Fsp3) is 0.667. The van der Waals surface area contributed by atoms with E-state index in [-0.39, 0.29) is 0 Å². The molecule has 0 aromatic heterocycles. The van der Waals surface area contributed by atoms with E-state index in [4.69, 9.17) is 4.74 Å². The highest BCUT2D eigenvalue weighted by Gasteiger charge is 2.16. The largest absolute Gasteiger partial charge is 0.463 e. The molecule has 3 nitrogen and oxygen atoms in total. The summed E-state index contributed by atoms with van der Waals surface area (Å²) in [4.78, 5) is 11.1. The molecule has 0 spiro atoms. The van der Waals surface area contributed by atoms with Crippen LogP contribution >= 0.6 is 0 Å². The van der Waals surface area contributed by atoms with Crippen molar-refractivity contribution in [1.29, 1.82) is 0 Å². The summed E-state index contributed by atoms with van der Waals surface area (Å²) in [5.74, 6) is -0.422. The number of esters is 1. The van der Waals surface area contributed by atoms with Gasteiger partial charge in [-0.15, -0.1) is 0 Å². The van der Waals surface area contributed by atoms with Crippen LogP contribution < -0.4 is 0 Å². The highest BCUT2D eigenvalue weighted by Crippen LogP contribution is 2.07. The number of hydrogen-bond donors (Lipinski definition) is 1. The molecule has 1 atom stereocenters. The molecule has 12 heavy (non-hydrogen) atoms. The van der Waals surface area contributed by atoms with Gasteiger partial charge in [-0.25, -0.2) is 4.79 Å². The number of carbonyl (C=O) groups excluding carboxylic acids is 1. The molecule has 0 saturated heterocycles. The Hall–Kier alpha value is -0.830. The summed E-state index contributed by atoms with van der Waals surface area (Å²) < 4.78 is 4.75. The highest BCUT2D eigenvalue weighted by molar-refractivity contribution is 5.89. The van der Waals surface area contributed by atoms with Gasteiger partial charge in [0.2, 0.25) is 0 Å². The maximum Gasteiger partial charge on any atom is 0.336 e. The van der Waals surface area contributed by atoms with E-state index in [9.17, 15) is 9.90 Å². The molecule has 0 aromatic carbocycles. The molecule has 0 bridgehead atoms. The lowest BCUT2D eigenvalue weighted by Crippen LogP contribution is -2.19. The number of hydrogen-bond acceptors (Lipinski definition) is 3. The van der Waals surface area contributed by atoms with Gasteiger partial charge < -0.3 is 9.84 Å². The van der Waals surface area contributed by atoms with Crippen molar-refractivity contribution in [2.45, 2.75) is 33.3 Å². The van der Waals surface area contributed by atoms with E-state index < -0.39 is 12.1 Å². The van der Waals surface area contributed by atoms with Crippen molar-refractivity contribution >= 4 is 5.97 Å². The second-order valence-corrected chi connectivity index (χ2v) is 2.39. The smallest absolute Gasteiger partial charge is 0.336 e. The third kappa shape index (κ3) is 3.05. The van der Waals surface area contributed by atoms with Crippen molar-refractivity contribution in [3.05, 3.63) is 11.6 Å². The zero-order valence-electron chi connectivity index (χ0n) is 7.83. The number of aliphatic hydroxyl groups is 1. The standard InChI is InChI=1S/C9H16O3/c1-4-7(8(10)5-2)9(11)12-6-3/h4,8,10H,5-6H2,1-3H3/b7-4+. The number of allylic oxidation sites excluding steroid dienone is 1. The van der Waals surface area contributed by atoms with E-state index in [1.165, 1.54) is 0 Å². The summed E-state index contributed by atoms with van der Waals surface area (Å²) in [5, 5.41) is 9.35. The van der Waals surface area contributed by atoms with Crippen LogP contribution in [0, 0.1) is 0 Å². The number of aliphatic hydroxyl groups excluding tert-OH is 1. The van der Waals surface area contributed by atoms with E-state index in [1.807, 2.05) is 6.92 Å². The fourth-order valence-electron chi connectivity index (χ4n) is 0.881. The maximum absolute atomic E-state index is 11.1. The van der Waals surface area contributed by atoms with Crippen LogP contribution in [-0.2, 0) is 9.53 Å². The molecule has 0 aromatic rings. The van der Waals surface area contributed by atoms with E-state index in [2.05, 4.69) is 0 Å². The number of ether oxygens (including phenoxy) is 1. The molecule has 1 unspecified atom stereocenters. The molecule has 3 heteroatoms. The summed E-state index contributed by atoms with van der Waals surface area (Å²) >= 11 is 0. The van der Waals surface area contributed by atoms with Gasteiger partial charge >= 0.3 is 5.97 Å². The zero-order valence-corrected chi connectivity index (χ0v) is 7.83. The van der Waals surface area contributed by atoms with E-state index in [0.29, 0.717) is 18.6 Å². The van der Waals surface area contributed by atoms with Gasteiger partial charge in [0.25, 0.3) is 0 Å². The van der Waals surface area contributed by atoms with Gasteiger partial charge in [0.05, 0.1) is 18.3 Å². The van der Waals surface area contributed by atoms with Crippen LogP contribution in [0.3, 0.4) is 0 Å². The molecule has 0 rings (SSSR count). The van der Waals surface area contributed by atoms with Crippen LogP contribution in [0.25, 0.3) is 0 Å². The lowest BCUT2D eigenvalue weighted by molar-refractivity contribution is -0.139. The van der Waals surface area contributed by atoms with Gasteiger partial charge in [-0.3, -0.25) is 0 Å². The average molecular weight is 172 g/mol. The number of rotatable bonds is 4. The van der Waals surface area contributed by atoms with Crippen molar-refractivity contribution in [3.8, 4) is 0 Å². The molecule has 0 aliphatic heterocycles. The SMILES string of the molecule is C/C=C(/C(=O)OCC)C(O)CC. The molecule has 0 aliphatic rings. The minimum Gasteiger partial charge on any atom is -0.463 e. The Morgan fingerprint density at radius 3 is 2.50 bits per heavy atom. The minimum atomic E-state index is -0.700. The van der Waals surface area contributed by atoms with Crippen molar-refractivity contribution in [2.24, 2.45) is 0 Å². The molecule has 0 radical (unpaired) electrons. The second-order valence-electron chi connectivity index (χ2n) is 2.39. The molecule has 0 heterocycles.